The van der Waals surface area contributed by atoms with Gasteiger partial charge in [-0.1, -0.05) is 38.5 Å². The third-order valence-electron chi connectivity index (χ3n) is 3.30. The van der Waals surface area contributed by atoms with Crippen LogP contribution >= 0.6 is 0 Å². The lowest BCUT2D eigenvalue weighted by Crippen LogP contribution is -2.52. The predicted molar refractivity (Wildman–Crippen MR) is 70.3 cm³/mol. The third kappa shape index (κ3) is 3.23. The van der Waals surface area contributed by atoms with E-state index in [4.69, 9.17) is 9.84 Å². The highest BCUT2D eigenvalue weighted by Gasteiger charge is 2.41. The topological polar surface area (TPSA) is 58.6 Å². The van der Waals surface area contributed by atoms with Gasteiger partial charge in [0.05, 0.1) is 0 Å². The van der Waals surface area contributed by atoms with E-state index in [9.17, 15) is 9.18 Å². The summed E-state index contributed by atoms with van der Waals surface area (Å²) in [5, 5.41) is 11.4. The highest BCUT2D eigenvalue weighted by molar-refractivity contribution is 5.66. The molecular weight excluding hydrogens is 249 g/mol. The van der Waals surface area contributed by atoms with Gasteiger partial charge in [0.15, 0.2) is 5.72 Å². The van der Waals surface area contributed by atoms with E-state index in [2.05, 4.69) is 5.32 Å². The van der Waals surface area contributed by atoms with E-state index in [1.165, 1.54) is 13.2 Å². The molecule has 0 fully saturated rings. The average Bonchev–Trinajstić information content (AvgIpc) is 2.36. The lowest BCUT2D eigenvalue weighted by molar-refractivity contribution is -0.0858. The quantitative estimate of drug-likeness (QED) is 0.779. The average molecular weight is 269 g/mol. The minimum Gasteiger partial charge on any atom is -0.465 e. The predicted octanol–water partition coefficient (Wildman–Crippen LogP) is 3.33. The van der Waals surface area contributed by atoms with E-state index in [0.717, 1.165) is 6.42 Å². The molecule has 106 valence electrons. The van der Waals surface area contributed by atoms with Crippen molar-refractivity contribution in [1.29, 1.82) is 0 Å². The number of carbonyl (C=O) groups is 1. The number of carboxylic acid groups (broad SMARTS) is 1. The van der Waals surface area contributed by atoms with Gasteiger partial charge in [-0.15, -0.1) is 0 Å². The number of halogens is 1. The maximum atomic E-state index is 14.0. The minimum absolute atomic E-state index is 0.199. The van der Waals surface area contributed by atoms with Gasteiger partial charge in [-0.2, -0.15) is 0 Å². The van der Waals surface area contributed by atoms with Crippen molar-refractivity contribution >= 4 is 6.09 Å². The molecule has 5 heteroatoms. The number of methoxy groups -OCH3 is 1. The van der Waals surface area contributed by atoms with Crippen LogP contribution in [0.4, 0.5) is 9.18 Å². The van der Waals surface area contributed by atoms with E-state index >= 15 is 0 Å². The Morgan fingerprint density at radius 2 is 2.16 bits per heavy atom. The Labute approximate surface area is 112 Å². The van der Waals surface area contributed by atoms with Gasteiger partial charge in [0.25, 0.3) is 0 Å². The summed E-state index contributed by atoms with van der Waals surface area (Å²) in [6.45, 7) is 3.83. The molecule has 0 heterocycles. The second-order valence-electron chi connectivity index (χ2n) is 4.54. The van der Waals surface area contributed by atoms with E-state index in [-0.39, 0.29) is 11.5 Å². The molecule has 2 unspecified atom stereocenters. The van der Waals surface area contributed by atoms with Gasteiger partial charge in [0, 0.05) is 18.6 Å². The molecule has 0 aromatic heterocycles. The zero-order chi connectivity index (χ0) is 14.5. The van der Waals surface area contributed by atoms with Gasteiger partial charge in [0.2, 0.25) is 0 Å². The number of hydrogen-bond acceptors (Lipinski definition) is 2. The maximum absolute atomic E-state index is 14.0. The first kappa shape index (κ1) is 15.4. The molecule has 0 aliphatic carbocycles. The molecule has 2 N–H and O–H groups in total. The van der Waals surface area contributed by atoms with Crippen molar-refractivity contribution in [2.75, 3.05) is 7.11 Å². The normalized spacial score (nSPS) is 15.6. The van der Waals surface area contributed by atoms with Crippen LogP contribution in [0, 0.1) is 11.7 Å². The monoisotopic (exact) mass is 269 g/mol. The molecule has 1 rings (SSSR count). The molecular formula is C14H20FNO3. The lowest BCUT2D eigenvalue weighted by atomic mass is 9.86. The van der Waals surface area contributed by atoms with Crippen LogP contribution in [0.25, 0.3) is 0 Å². The Bertz CT molecular complexity index is 438. The zero-order valence-electron chi connectivity index (χ0n) is 11.4. The van der Waals surface area contributed by atoms with Crippen molar-refractivity contribution in [2.45, 2.75) is 32.4 Å². The second kappa shape index (κ2) is 6.52. The van der Waals surface area contributed by atoms with Crippen molar-refractivity contribution in [3.63, 3.8) is 0 Å². The van der Waals surface area contributed by atoms with Crippen LogP contribution < -0.4 is 5.32 Å². The highest BCUT2D eigenvalue weighted by Crippen LogP contribution is 2.35. The van der Waals surface area contributed by atoms with Gasteiger partial charge >= 0.3 is 6.09 Å². The van der Waals surface area contributed by atoms with Gasteiger partial charge in [0.1, 0.15) is 5.82 Å². The van der Waals surface area contributed by atoms with Crippen LogP contribution in [0.15, 0.2) is 24.3 Å². The van der Waals surface area contributed by atoms with E-state index in [0.29, 0.717) is 6.42 Å². The number of amides is 1. The second-order valence-corrected chi connectivity index (χ2v) is 4.54. The fourth-order valence-corrected chi connectivity index (χ4v) is 2.38. The summed E-state index contributed by atoms with van der Waals surface area (Å²) in [4.78, 5) is 11.1. The Balaban J connectivity index is 3.31. The fraction of sp³-hybridized carbons (Fsp3) is 0.500. The van der Waals surface area contributed by atoms with Crippen molar-refractivity contribution in [3.8, 4) is 0 Å². The molecule has 0 spiro atoms. The van der Waals surface area contributed by atoms with Gasteiger partial charge in [-0.05, 0) is 12.5 Å². The molecule has 0 saturated heterocycles. The number of ether oxygens (including phenoxy) is 1. The first-order valence-corrected chi connectivity index (χ1v) is 6.29. The summed E-state index contributed by atoms with van der Waals surface area (Å²) in [6.07, 6.45) is 0.317. The number of nitrogens with one attached hydrogen (secondary N) is 1. The number of hydrogen-bond donors (Lipinski definition) is 2. The molecule has 1 aromatic carbocycles. The maximum Gasteiger partial charge on any atom is 0.407 e. The molecule has 0 aliphatic rings. The zero-order valence-corrected chi connectivity index (χ0v) is 11.4. The summed E-state index contributed by atoms with van der Waals surface area (Å²) in [5.41, 5.74) is -1.16. The van der Waals surface area contributed by atoms with Gasteiger partial charge < -0.3 is 9.84 Å². The van der Waals surface area contributed by atoms with Crippen molar-refractivity contribution in [2.24, 2.45) is 5.92 Å². The lowest BCUT2D eigenvalue weighted by Gasteiger charge is -2.38. The van der Waals surface area contributed by atoms with Crippen molar-refractivity contribution in [3.05, 3.63) is 35.6 Å². The van der Waals surface area contributed by atoms with Crippen LogP contribution in [0.5, 0.6) is 0 Å². The summed E-state index contributed by atoms with van der Waals surface area (Å²) in [7, 11) is 1.38. The van der Waals surface area contributed by atoms with Gasteiger partial charge in [-0.3, -0.25) is 5.32 Å². The largest absolute Gasteiger partial charge is 0.465 e. The Morgan fingerprint density at radius 1 is 1.53 bits per heavy atom. The van der Waals surface area contributed by atoms with Crippen molar-refractivity contribution in [1.82, 2.24) is 5.32 Å². The molecule has 0 bridgehead atoms. The summed E-state index contributed by atoms with van der Waals surface area (Å²) in [6, 6.07) is 6.06. The first-order chi connectivity index (χ1) is 8.97. The first-order valence-electron chi connectivity index (χ1n) is 6.29. The van der Waals surface area contributed by atoms with Crippen LogP contribution in [0.1, 0.15) is 32.3 Å². The smallest absolute Gasteiger partial charge is 0.407 e. The molecule has 19 heavy (non-hydrogen) atoms. The van der Waals surface area contributed by atoms with E-state index in [1.807, 2.05) is 13.8 Å². The molecule has 0 aliphatic heterocycles. The Morgan fingerprint density at radius 3 is 2.63 bits per heavy atom. The Hall–Kier alpha value is -1.62. The molecule has 1 amide bonds. The van der Waals surface area contributed by atoms with Crippen LogP contribution in [0.2, 0.25) is 0 Å². The van der Waals surface area contributed by atoms with Crippen LogP contribution in [-0.2, 0) is 10.5 Å². The van der Waals surface area contributed by atoms with Crippen LogP contribution in [0.3, 0.4) is 0 Å². The molecule has 0 saturated carbocycles. The summed E-state index contributed by atoms with van der Waals surface area (Å²) < 4.78 is 19.4. The molecule has 1 aromatic rings. The van der Waals surface area contributed by atoms with Crippen LogP contribution in [-0.4, -0.2) is 18.3 Å². The molecule has 2 atom stereocenters. The molecule has 4 nitrogen and oxygen atoms in total. The number of rotatable bonds is 6. The standard InChI is InChI=1S/C14H20FNO3/c1-4-7-10(2)14(19-3,16-13(17)18)11-8-5-6-9-12(11)15/h5-6,8-10,16H,4,7H2,1-3H3,(H,17,18). The van der Waals surface area contributed by atoms with E-state index in [1.54, 1.807) is 18.2 Å². The van der Waals surface area contributed by atoms with Crippen molar-refractivity contribution < 1.29 is 19.0 Å². The third-order valence-corrected chi connectivity index (χ3v) is 3.30. The minimum atomic E-state index is -1.37. The van der Waals surface area contributed by atoms with Gasteiger partial charge in [-0.25, -0.2) is 9.18 Å². The molecule has 0 radical (unpaired) electrons. The SMILES string of the molecule is CCCC(C)C(NC(=O)O)(OC)c1ccccc1F. The summed E-state index contributed by atoms with van der Waals surface area (Å²) >= 11 is 0. The number of benzene rings is 1. The van der Waals surface area contributed by atoms with E-state index < -0.39 is 17.6 Å². The summed E-state index contributed by atoms with van der Waals surface area (Å²) in [5.74, 6) is -0.684. The Kier molecular flexibility index (Phi) is 5.30. The fourth-order valence-electron chi connectivity index (χ4n) is 2.38. The highest BCUT2D eigenvalue weighted by atomic mass is 19.1.